The van der Waals surface area contributed by atoms with Crippen molar-refractivity contribution in [2.24, 2.45) is 0 Å². The molecule has 0 amide bonds. The van der Waals surface area contributed by atoms with Crippen LogP contribution in [0.4, 0.5) is 0 Å². The first kappa shape index (κ1) is 29.5. The maximum atomic E-state index is 2.39. The molecule has 0 saturated heterocycles. The van der Waals surface area contributed by atoms with Crippen LogP contribution < -0.4 is 0 Å². The fourth-order valence-electron chi connectivity index (χ4n) is 5.16. The highest BCUT2D eigenvalue weighted by Gasteiger charge is 1.98. The van der Waals surface area contributed by atoms with Crippen LogP contribution >= 0.6 is 0 Å². The van der Waals surface area contributed by atoms with Crippen LogP contribution in [0.1, 0.15) is 180 Å². The minimum Gasteiger partial charge on any atom is -0.0805 e. The molecular weight excluding hydrogens is 384 g/mol. The summed E-state index contributed by atoms with van der Waals surface area (Å²) >= 11 is 0. The van der Waals surface area contributed by atoms with Gasteiger partial charge in [-0.3, -0.25) is 0 Å². The number of rotatable bonds is 26. The van der Waals surface area contributed by atoms with E-state index in [1.165, 1.54) is 173 Å². The van der Waals surface area contributed by atoms with Crippen LogP contribution in [0.25, 0.3) is 0 Å². The highest BCUT2D eigenvalue weighted by Crippen LogP contribution is 2.18. The molecule has 0 heteroatoms. The Hall–Kier alpha value is -0.520. The highest BCUT2D eigenvalue weighted by atomic mass is 14.0. The molecular formula is C32H60. The zero-order valence-electron chi connectivity index (χ0n) is 22.3. The van der Waals surface area contributed by atoms with Gasteiger partial charge in [-0.25, -0.2) is 0 Å². The molecule has 0 radical (unpaired) electrons. The maximum Gasteiger partial charge on any atom is -0.0160 e. The van der Waals surface area contributed by atoms with Gasteiger partial charge in [-0.1, -0.05) is 185 Å². The van der Waals surface area contributed by atoms with E-state index in [4.69, 9.17) is 0 Å². The Morgan fingerprint density at radius 2 is 0.750 bits per heavy atom. The predicted octanol–water partition coefficient (Wildman–Crippen LogP) is 12.0. The largest absolute Gasteiger partial charge is 0.0805 e. The number of hydrogen-bond acceptors (Lipinski definition) is 0. The van der Waals surface area contributed by atoms with E-state index in [0.29, 0.717) is 0 Å². The zero-order chi connectivity index (χ0) is 22.8. The van der Waals surface area contributed by atoms with Crippen LogP contribution in [0.3, 0.4) is 0 Å². The molecule has 0 saturated carbocycles. The van der Waals surface area contributed by atoms with E-state index in [-0.39, 0.29) is 0 Å². The standard InChI is InChI=1S/C32H60/c1-2-3-4-5-6-7-8-9-10-11-12-13-14-15-16-17-18-19-20-21-22-23-24-25-26-29-32-30-27-28-31-32/h27,30-31H,2-26,28-29H2,1H3. The van der Waals surface area contributed by atoms with E-state index in [1.54, 1.807) is 5.57 Å². The van der Waals surface area contributed by atoms with Crippen LogP contribution in [-0.2, 0) is 0 Å². The Kier molecular flexibility index (Phi) is 23.2. The Balaban J connectivity index is 1.62. The normalized spacial score (nSPS) is 13.2. The van der Waals surface area contributed by atoms with Gasteiger partial charge in [0.25, 0.3) is 0 Å². The Morgan fingerprint density at radius 1 is 0.438 bits per heavy atom. The molecule has 0 aromatic heterocycles. The quantitative estimate of drug-likeness (QED) is 0.116. The molecule has 0 fully saturated rings. The van der Waals surface area contributed by atoms with Gasteiger partial charge in [0, 0.05) is 0 Å². The lowest BCUT2D eigenvalue weighted by Gasteiger charge is -2.04. The summed E-state index contributed by atoms with van der Waals surface area (Å²) < 4.78 is 0. The van der Waals surface area contributed by atoms with Gasteiger partial charge in [-0.2, -0.15) is 0 Å². The molecule has 0 atom stereocenters. The van der Waals surface area contributed by atoms with Crippen molar-refractivity contribution in [1.82, 2.24) is 0 Å². The topological polar surface area (TPSA) is 0 Å². The average molecular weight is 445 g/mol. The summed E-state index contributed by atoms with van der Waals surface area (Å²) in [7, 11) is 0. The van der Waals surface area contributed by atoms with E-state index in [0.717, 1.165) is 0 Å². The van der Waals surface area contributed by atoms with Gasteiger partial charge in [-0.05, 0) is 19.3 Å². The first-order valence-corrected chi connectivity index (χ1v) is 15.3. The highest BCUT2D eigenvalue weighted by molar-refractivity contribution is 5.25. The van der Waals surface area contributed by atoms with Gasteiger partial charge in [0.1, 0.15) is 0 Å². The van der Waals surface area contributed by atoms with Crippen LogP contribution in [-0.4, -0.2) is 0 Å². The van der Waals surface area contributed by atoms with Crippen molar-refractivity contribution in [3.05, 3.63) is 23.8 Å². The van der Waals surface area contributed by atoms with Gasteiger partial charge in [0.15, 0.2) is 0 Å². The molecule has 1 rings (SSSR count). The summed E-state index contributed by atoms with van der Waals surface area (Å²) in [5.41, 5.74) is 1.58. The molecule has 0 spiro atoms. The number of allylic oxidation sites excluding steroid dienone is 4. The second kappa shape index (κ2) is 25.1. The number of unbranched alkanes of at least 4 members (excludes halogenated alkanes) is 24. The smallest absolute Gasteiger partial charge is 0.0160 e. The van der Waals surface area contributed by atoms with Crippen LogP contribution in [0.2, 0.25) is 0 Å². The monoisotopic (exact) mass is 444 g/mol. The molecule has 0 unspecified atom stereocenters. The van der Waals surface area contributed by atoms with E-state index >= 15 is 0 Å². The molecule has 1 aliphatic rings. The Bertz CT molecular complexity index is 416. The van der Waals surface area contributed by atoms with Gasteiger partial charge in [0.05, 0.1) is 0 Å². The van der Waals surface area contributed by atoms with Crippen molar-refractivity contribution in [1.29, 1.82) is 0 Å². The first-order valence-electron chi connectivity index (χ1n) is 15.3. The summed E-state index contributed by atoms with van der Waals surface area (Å²) in [6, 6.07) is 0. The molecule has 32 heavy (non-hydrogen) atoms. The predicted molar refractivity (Wildman–Crippen MR) is 148 cm³/mol. The SMILES string of the molecule is CCCCCCCCCCCCCCCCCCCCCCCCCCCC1=CCC=C1. The molecule has 0 bridgehead atoms. The molecule has 0 aliphatic heterocycles. The fourth-order valence-corrected chi connectivity index (χ4v) is 5.16. The minimum atomic E-state index is 1.18. The van der Waals surface area contributed by atoms with E-state index in [9.17, 15) is 0 Å². The fraction of sp³-hybridized carbons (Fsp3) is 0.875. The van der Waals surface area contributed by atoms with Gasteiger partial charge in [-0.15, -0.1) is 0 Å². The molecule has 0 aromatic rings. The van der Waals surface area contributed by atoms with Crippen LogP contribution in [0.5, 0.6) is 0 Å². The summed E-state index contributed by atoms with van der Waals surface area (Å²) in [5, 5.41) is 0. The van der Waals surface area contributed by atoms with Crippen molar-refractivity contribution in [3.8, 4) is 0 Å². The zero-order valence-corrected chi connectivity index (χ0v) is 22.3. The van der Waals surface area contributed by atoms with E-state index < -0.39 is 0 Å². The van der Waals surface area contributed by atoms with Gasteiger partial charge < -0.3 is 0 Å². The molecule has 0 nitrogen and oxygen atoms in total. The van der Waals surface area contributed by atoms with Crippen LogP contribution in [0.15, 0.2) is 23.8 Å². The molecule has 1 aliphatic carbocycles. The lowest BCUT2D eigenvalue weighted by atomic mass is 10.0. The van der Waals surface area contributed by atoms with Crippen molar-refractivity contribution in [2.45, 2.75) is 180 Å². The second-order valence-electron chi connectivity index (χ2n) is 10.7. The van der Waals surface area contributed by atoms with E-state index in [1.807, 2.05) is 0 Å². The lowest BCUT2D eigenvalue weighted by Crippen LogP contribution is -1.85. The Morgan fingerprint density at radius 3 is 1.03 bits per heavy atom. The van der Waals surface area contributed by atoms with Crippen molar-refractivity contribution in [2.75, 3.05) is 0 Å². The number of hydrogen-bond donors (Lipinski definition) is 0. The van der Waals surface area contributed by atoms with Crippen molar-refractivity contribution < 1.29 is 0 Å². The minimum absolute atomic E-state index is 1.18. The lowest BCUT2D eigenvalue weighted by molar-refractivity contribution is 0.516. The average Bonchev–Trinajstić information content (AvgIpc) is 3.32. The van der Waals surface area contributed by atoms with Crippen molar-refractivity contribution >= 4 is 0 Å². The molecule has 0 heterocycles. The van der Waals surface area contributed by atoms with Crippen LogP contribution in [0, 0.1) is 0 Å². The Labute approximate surface area is 204 Å². The summed E-state index contributed by atoms with van der Waals surface area (Å²) in [4.78, 5) is 0. The summed E-state index contributed by atoms with van der Waals surface area (Å²) in [6.45, 7) is 2.31. The summed E-state index contributed by atoms with van der Waals surface area (Å²) in [6.07, 6.45) is 46.3. The van der Waals surface area contributed by atoms with Crippen molar-refractivity contribution in [3.63, 3.8) is 0 Å². The first-order chi connectivity index (χ1) is 15.9. The third-order valence-electron chi connectivity index (χ3n) is 7.42. The van der Waals surface area contributed by atoms with E-state index in [2.05, 4.69) is 25.2 Å². The second-order valence-corrected chi connectivity index (χ2v) is 10.7. The third-order valence-corrected chi connectivity index (χ3v) is 7.42. The maximum absolute atomic E-state index is 2.39. The third kappa shape index (κ3) is 21.3. The molecule has 0 N–H and O–H groups in total. The van der Waals surface area contributed by atoms with Gasteiger partial charge in [0.2, 0.25) is 0 Å². The molecule has 0 aromatic carbocycles. The summed E-state index contributed by atoms with van der Waals surface area (Å²) in [5.74, 6) is 0. The van der Waals surface area contributed by atoms with Gasteiger partial charge >= 0.3 is 0 Å². The molecule has 188 valence electrons.